The van der Waals surface area contributed by atoms with Crippen molar-refractivity contribution < 1.29 is 8.42 Å². The summed E-state index contributed by atoms with van der Waals surface area (Å²) in [5, 5.41) is 0.443. The van der Waals surface area contributed by atoms with Crippen LogP contribution in [-0.2, 0) is 10.0 Å². The summed E-state index contributed by atoms with van der Waals surface area (Å²) in [7, 11) is -3.31. The molecule has 1 saturated heterocycles. The van der Waals surface area contributed by atoms with E-state index in [0.717, 1.165) is 12.2 Å². The van der Waals surface area contributed by atoms with E-state index in [4.69, 9.17) is 0 Å². The molecule has 0 bridgehead atoms. The third kappa shape index (κ3) is 2.99. The van der Waals surface area contributed by atoms with Gasteiger partial charge in [-0.05, 0) is 30.7 Å². The quantitative estimate of drug-likeness (QED) is 0.895. The van der Waals surface area contributed by atoms with Crippen LogP contribution in [0.4, 0.5) is 0 Å². The molecule has 0 spiro atoms. The normalized spacial score (nSPS) is 21.1. The second-order valence-electron chi connectivity index (χ2n) is 3.80. The standard InChI is InChI=1S/C11H15NO2S2/c13-16(14,11-6-2-1-3-7-11)12-9-10-5-4-8-15-10/h1-3,6-7,10,12H,4-5,8-9H2. The molecule has 1 aliphatic heterocycles. The summed E-state index contributed by atoms with van der Waals surface area (Å²) in [6.45, 7) is 0.544. The van der Waals surface area contributed by atoms with E-state index in [1.807, 2.05) is 17.8 Å². The van der Waals surface area contributed by atoms with Crippen molar-refractivity contribution in [2.45, 2.75) is 23.0 Å². The number of hydrogen-bond acceptors (Lipinski definition) is 3. The Balaban J connectivity index is 1.98. The predicted molar refractivity (Wildman–Crippen MR) is 67.1 cm³/mol. The van der Waals surface area contributed by atoms with Crippen LogP contribution in [0.2, 0.25) is 0 Å². The van der Waals surface area contributed by atoms with Crippen LogP contribution in [0.1, 0.15) is 12.8 Å². The molecule has 0 aromatic heterocycles. The molecule has 1 N–H and O–H groups in total. The summed E-state index contributed by atoms with van der Waals surface area (Å²) in [5.41, 5.74) is 0. The third-order valence-corrected chi connectivity index (χ3v) is 5.42. The molecule has 1 fully saturated rings. The Morgan fingerprint density at radius 1 is 1.31 bits per heavy atom. The molecule has 1 aromatic rings. The van der Waals surface area contributed by atoms with Crippen LogP contribution >= 0.6 is 11.8 Å². The van der Waals surface area contributed by atoms with Crippen LogP contribution in [0.25, 0.3) is 0 Å². The molecule has 1 atom stereocenters. The Labute approximate surface area is 101 Å². The Morgan fingerprint density at radius 2 is 2.06 bits per heavy atom. The van der Waals surface area contributed by atoms with E-state index >= 15 is 0 Å². The van der Waals surface area contributed by atoms with Gasteiger partial charge in [-0.2, -0.15) is 11.8 Å². The molecule has 3 nitrogen and oxygen atoms in total. The van der Waals surface area contributed by atoms with Gasteiger partial charge in [0.15, 0.2) is 0 Å². The van der Waals surface area contributed by atoms with Crippen molar-refractivity contribution >= 4 is 21.8 Å². The first-order chi connectivity index (χ1) is 7.68. The average molecular weight is 257 g/mol. The molecule has 88 valence electrons. The number of sulfonamides is 1. The lowest BCUT2D eigenvalue weighted by atomic mass is 10.2. The highest BCUT2D eigenvalue weighted by molar-refractivity contribution is 8.00. The van der Waals surface area contributed by atoms with E-state index in [1.54, 1.807) is 24.3 Å². The lowest BCUT2D eigenvalue weighted by Gasteiger charge is -2.10. The second-order valence-corrected chi connectivity index (χ2v) is 6.98. The number of benzene rings is 1. The first kappa shape index (κ1) is 12.0. The van der Waals surface area contributed by atoms with Gasteiger partial charge in [0.2, 0.25) is 10.0 Å². The molecular weight excluding hydrogens is 242 g/mol. The van der Waals surface area contributed by atoms with Crippen molar-refractivity contribution in [3.63, 3.8) is 0 Å². The Bertz CT molecular complexity index is 425. The first-order valence-corrected chi connectivity index (χ1v) is 7.88. The Kier molecular flexibility index (Phi) is 3.89. The van der Waals surface area contributed by atoms with E-state index in [2.05, 4.69) is 4.72 Å². The van der Waals surface area contributed by atoms with Gasteiger partial charge < -0.3 is 0 Å². The maximum absolute atomic E-state index is 11.9. The lowest BCUT2D eigenvalue weighted by Crippen LogP contribution is -2.29. The van der Waals surface area contributed by atoms with Crippen LogP contribution in [0.3, 0.4) is 0 Å². The van der Waals surface area contributed by atoms with Gasteiger partial charge in [0.1, 0.15) is 0 Å². The Morgan fingerprint density at radius 3 is 2.69 bits per heavy atom. The van der Waals surface area contributed by atoms with Gasteiger partial charge in [0, 0.05) is 11.8 Å². The second kappa shape index (κ2) is 5.21. The summed E-state index contributed by atoms with van der Waals surface area (Å²) in [5.74, 6) is 1.15. The topological polar surface area (TPSA) is 46.2 Å². The number of rotatable bonds is 4. The van der Waals surface area contributed by atoms with Crippen LogP contribution in [0.5, 0.6) is 0 Å². The highest BCUT2D eigenvalue weighted by atomic mass is 32.2. The molecule has 16 heavy (non-hydrogen) atoms. The van der Waals surface area contributed by atoms with Gasteiger partial charge in [0.05, 0.1) is 4.90 Å². The molecule has 0 saturated carbocycles. The average Bonchev–Trinajstić information content (AvgIpc) is 2.81. The number of hydrogen-bond donors (Lipinski definition) is 1. The number of thioether (sulfide) groups is 1. The summed E-state index contributed by atoms with van der Waals surface area (Å²) >= 11 is 1.85. The minimum absolute atomic E-state index is 0.345. The van der Waals surface area contributed by atoms with Crippen LogP contribution in [0, 0.1) is 0 Å². The third-order valence-electron chi connectivity index (χ3n) is 2.58. The SMILES string of the molecule is O=S(=O)(NCC1CCCS1)c1ccccc1. The molecule has 0 amide bonds. The van der Waals surface area contributed by atoms with Gasteiger partial charge >= 0.3 is 0 Å². The monoisotopic (exact) mass is 257 g/mol. The zero-order valence-electron chi connectivity index (χ0n) is 8.93. The van der Waals surface area contributed by atoms with Crippen molar-refractivity contribution in [3.8, 4) is 0 Å². The maximum Gasteiger partial charge on any atom is 0.240 e. The summed E-state index contributed by atoms with van der Waals surface area (Å²) in [6.07, 6.45) is 2.31. The predicted octanol–water partition coefficient (Wildman–Crippen LogP) is 1.86. The van der Waals surface area contributed by atoms with Gasteiger partial charge in [-0.15, -0.1) is 0 Å². The Hall–Kier alpha value is -0.520. The summed E-state index contributed by atoms with van der Waals surface area (Å²) in [4.78, 5) is 0.345. The van der Waals surface area contributed by atoms with E-state index in [0.29, 0.717) is 16.7 Å². The van der Waals surface area contributed by atoms with Crippen molar-refractivity contribution in [1.29, 1.82) is 0 Å². The molecule has 1 unspecified atom stereocenters. The van der Waals surface area contributed by atoms with Crippen LogP contribution < -0.4 is 4.72 Å². The zero-order chi connectivity index (χ0) is 11.4. The van der Waals surface area contributed by atoms with Crippen molar-refractivity contribution in [1.82, 2.24) is 4.72 Å². The molecule has 0 radical (unpaired) electrons. The van der Waals surface area contributed by atoms with Crippen molar-refractivity contribution in [3.05, 3.63) is 30.3 Å². The highest BCUT2D eigenvalue weighted by Crippen LogP contribution is 2.25. The largest absolute Gasteiger partial charge is 0.240 e. The molecular formula is C11H15NO2S2. The van der Waals surface area contributed by atoms with Crippen LogP contribution in [-0.4, -0.2) is 26.0 Å². The summed E-state index contributed by atoms with van der Waals surface area (Å²) in [6, 6.07) is 8.51. The minimum Gasteiger partial charge on any atom is -0.210 e. The minimum atomic E-state index is -3.31. The van der Waals surface area contributed by atoms with Crippen LogP contribution in [0.15, 0.2) is 35.2 Å². The lowest BCUT2D eigenvalue weighted by molar-refractivity contribution is 0.579. The highest BCUT2D eigenvalue weighted by Gasteiger charge is 2.19. The van der Waals surface area contributed by atoms with E-state index in [9.17, 15) is 8.42 Å². The molecule has 1 aliphatic rings. The fourth-order valence-electron chi connectivity index (χ4n) is 1.69. The van der Waals surface area contributed by atoms with E-state index in [-0.39, 0.29) is 0 Å². The fraction of sp³-hybridized carbons (Fsp3) is 0.455. The molecule has 0 aliphatic carbocycles. The maximum atomic E-state index is 11.9. The van der Waals surface area contributed by atoms with Crippen molar-refractivity contribution in [2.24, 2.45) is 0 Å². The van der Waals surface area contributed by atoms with Gasteiger partial charge in [-0.3, -0.25) is 0 Å². The molecule has 1 heterocycles. The molecule has 2 rings (SSSR count). The first-order valence-electron chi connectivity index (χ1n) is 5.35. The molecule has 5 heteroatoms. The zero-order valence-corrected chi connectivity index (χ0v) is 10.6. The smallest absolute Gasteiger partial charge is 0.210 e. The van der Waals surface area contributed by atoms with Gasteiger partial charge in [-0.25, -0.2) is 13.1 Å². The van der Waals surface area contributed by atoms with Gasteiger partial charge in [0.25, 0.3) is 0 Å². The van der Waals surface area contributed by atoms with E-state index in [1.165, 1.54) is 6.42 Å². The molecule has 1 aromatic carbocycles. The fourth-order valence-corrected chi connectivity index (χ4v) is 4.10. The summed E-state index contributed by atoms with van der Waals surface area (Å²) < 4.78 is 26.4. The van der Waals surface area contributed by atoms with E-state index < -0.39 is 10.0 Å². The number of nitrogens with one attached hydrogen (secondary N) is 1. The van der Waals surface area contributed by atoms with Crippen molar-refractivity contribution in [2.75, 3.05) is 12.3 Å². The van der Waals surface area contributed by atoms with Gasteiger partial charge in [-0.1, -0.05) is 18.2 Å².